The molecule has 1 aliphatic rings. The van der Waals surface area contributed by atoms with Gasteiger partial charge in [0.25, 0.3) is 0 Å². The molecule has 3 rings (SSSR count). The van der Waals surface area contributed by atoms with Gasteiger partial charge in [0.2, 0.25) is 5.91 Å². The monoisotopic (exact) mass is 340 g/mol. The van der Waals surface area contributed by atoms with Crippen molar-refractivity contribution in [3.63, 3.8) is 0 Å². The Morgan fingerprint density at radius 2 is 2.08 bits per heavy atom. The molecule has 1 amide bonds. The van der Waals surface area contributed by atoms with E-state index in [9.17, 15) is 9.59 Å². The van der Waals surface area contributed by atoms with E-state index in [1.165, 1.54) is 0 Å². The number of amides is 1. The third-order valence-electron chi connectivity index (χ3n) is 4.11. The first-order valence-electron chi connectivity index (χ1n) is 8.07. The lowest BCUT2D eigenvalue weighted by molar-refractivity contribution is -0.138. The van der Waals surface area contributed by atoms with Crippen LogP contribution in [0.4, 0.5) is 11.5 Å². The molecule has 0 saturated carbocycles. The lowest BCUT2D eigenvalue weighted by Crippen LogP contribution is -2.34. The summed E-state index contributed by atoms with van der Waals surface area (Å²) >= 11 is 0. The van der Waals surface area contributed by atoms with E-state index in [4.69, 9.17) is 10.8 Å². The molecule has 1 aromatic heterocycles. The van der Waals surface area contributed by atoms with Crippen LogP contribution in [-0.2, 0) is 29.0 Å². The van der Waals surface area contributed by atoms with Gasteiger partial charge in [-0.05, 0) is 41.8 Å². The lowest BCUT2D eigenvalue weighted by Gasteiger charge is -2.27. The number of carbonyl (C=O) groups is 2. The summed E-state index contributed by atoms with van der Waals surface area (Å²) in [6.07, 6.45) is 0.928. The van der Waals surface area contributed by atoms with Crippen LogP contribution in [0.1, 0.15) is 16.8 Å². The third-order valence-corrected chi connectivity index (χ3v) is 4.11. The van der Waals surface area contributed by atoms with Gasteiger partial charge in [-0.1, -0.05) is 12.1 Å². The number of aliphatic carboxylic acids is 1. The van der Waals surface area contributed by atoms with E-state index < -0.39 is 5.97 Å². The van der Waals surface area contributed by atoms with Gasteiger partial charge in [-0.25, -0.2) is 4.98 Å². The van der Waals surface area contributed by atoms with Crippen molar-refractivity contribution in [2.24, 2.45) is 0 Å². The Morgan fingerprint density at radius 1 is 1.24 bits per heavy atom. The van der Waals surface area contributed by atoms with Crippen molar-refractivity contribution in [1.82, 2.24) is 9.88 Å². The number of anilines is 2. The molecule has 0 spiro atoms. The number of hydrogen-bond acceptors (Lipinski definition) is 5. The van der Waals surface area contributed by atoms with Crippen molar-refractivity contribution in [2.45, 2.75) is 19.4 Å². The highest BCUT2D eigenvalue weighted by Gasteiger charge is 2.18. The molecular formula is C18H20N4O3. The standard InChI is InChI=1S/C18H20N4O3/c19-16-3-1-2-14(20-16)9-17(23)21-15-5-4-13-10-22(11-18(24)25)7-6-12(13)8-15/h1-5,8H,6-7,9-11H2,(H2,19,20)(H,21,23)(H,24,25). The Labute approximate surface area is 145 Å². The number of carbonyl (C=O) groups excluding carboxylic acids is 1. The van der Waals surface area contributed by atoms with Crippen LogP contribution in [0.15, 0.2) is 36.4 Å². The Balaban J connectivity index is 1.63. The van der Waals surface area contributed by atoms with E-state index >= 15 is 0 Å². The van der Waals surface area contributed by atoms with Crippen molar-refractivity contribution in [3.8, 4) is 0 Å². The molecule has 7 nitrogen and oxygen atoms in total. The summed E-state index contributed by atoms with van der Waals surface area (Å²) in [5.41, 5.74) is 9.22. The minimum atomic E-state index is -0.817. The summed E-state index contributed by atoms with van der Waals surface area (Å²) in [7, 11) is 0. The molecule has 1 aliphatic heterocycles. The van der Waals surface area contributed by atoms with Crippen molar-refractivity contribution in [1.29, 1.82) is 0 Å². The molecule has 0 radical (unpaired) electrons. The SMILES string of the molecule is Nc1cccc(CC(=O)Nc2ccc3c(c2)CCN(CC(=O)O)C3)n1. The summed E-state index contributed by atoms with van der Waals surface area (Å²) in [5, 5.41) is 11.8. The minimum Gasteiger partial charge on any atom is -0.480 e. The molecule has 0 saturated heterocycles. The zero-order chi connectivity index (χ0) is 17.8. The predicted molar refractivity (Wildman–Crippen MR) is 94.0 cm³/mol. The average Bonchev–Trinajstić information content (AvgIpc) is 2.54. The number of benzene rings is 1. The van der Waals surface area contributed by atoms with Gasteiger partial charge in [0, 0.05) is 18.8 Å². The van der Waals surface area contributed by atoms with Crippen molar-refractivity contribution in [2.75, 3.05) is 24.1 Å². The zero-order valence-corrected chi connectivity index (χ0v) is 13.7. The summed E-state index contributed by atoms with van der Waals surface area (Å²) in [6, 6.07) is 11.0. The second-order valence-corrected chi connectivity index (χ2v) is 6.12. The van der Waals surface area contributed by atoms with Gasteiger partial charge in [-0.2, -0.15) is 0 Å². The fourth-order valence-corrected chi connectivity index (χ4v) is 2.98. The first-order valence-corrected chi connectivity index (χ1v) is 8.07. The molecule has 0 unspecified atom stereocenters. The summed E-state index contributed by atoms with van der Waals surface area (Å²) in [4.78, 5) is 29.0. The molecule has 0 bridgehead atoms. The Bertz CT molecular complexity index is 807. The van der Waals surface area contributed by atoms with Crippen LogP contribution in [0.2, 0.25) is 0 Å². The van der Waals surface area contributed by atoms with E-state index in [0.717, 1.165) is 23.2 Å². The van der Waals surface area contributed by atoms with Gasteiger partial charge in [0.05, 0.1) is 18.7 Å². The number of fused-ring (bicyclic) bond motifs is 1. The van der Waals surface area contributed by atoms with Gasteiger partial charge in [-0.15, -0.1) is 0 Å². The summed E-state index contributed by atoms with van der Waals surface area (Å²) in [5.74, 6) is -0.575. The number of carboxylic acid groups (broad SMARTS) is 1. The van der Waals surface area contributed by atoms with Crippen LogP contribution in [0, 0.1) is 0 Å². The van der Waals surface area contributed by atoms with Crippen molar-refractivity contribution in [3.05, 3.63) is 53.2 Å². The first kappa shape index (κ1) is 16.9. The van der Waals surface area contributed by atoms with E-state index in [-0.39, 0.29) is 18.9 Å². The summed E-state index contributed by atoms with van der Waals surface area (Å²) < 4.78 is 0. The number of carboxylic acids is 1. The van der Waals surface area contributed by atoms with Crippen LogP contribution >= 0.6 is 0 Å². The molecule has 2 aromatic rings. The fourth-order valence-electron chi connectivity index (χ4n) is 2.98. The zero-order valence-electron chi connectivity index (χ0n) is 13.7. The fraction of sp³-hybridized carbons (Fsp3) is 0.278. The highest BCUT2D eigenvalue weighted by molar-refractivity contribution is 5.92. The molecule has 1 aromatic carbocycles. The van der Waals surface area contributed by atoms with Crippen molar-refractivity contribution >= 4 is 23.4 Å². The smallest absolute Gasteiger partial charge is 0.317 e. The third kappa shape index (κ3) is 4.54. The van der Waals surface area contributed by atoms with E-state index in [1.54, 1.807) is 18.2 Å². The number of pyridine rings is 1. The lowest BCUT2D eigenvalue weighted by atomic mass is 9.99. The molecule has 25 heavy (non-hydrogen) atoms. The maximum atomic E-state index is 12.2. The number of nitrogens with zero attached hydrogens (tertiary/aromatic N) is 2. The average molecular weight is 340 g/mol. The van der Waals surface area contributed by atoms with Crippen LogP contribution in [0.5, 0.6) is 0 Å². The van der Waals surface area contributed by atoms with Gasteiger partial charge in [0.15, 0.2) is 0 Å². The number of aromatic nitrogens is 1. The number of nitrogens with two attached hydrogens (primary N) is 1. The molecule has 4 N–H and O–H groups in total. The molecular weight excluding hydrogens is 320 g/mol. The number of nitrogen functional groups attached to an aromatic ring is 1. The quantitative estimate of drug-likeness (QED) is 0.757. The predicted octanol–water partition coefficient (Wildman–Crippen LogP) is 1.29. The van der Waals surface area contributed by atoms with Gasteiger partial charge in [-0.3, -0.25) is 14.5 Å². The second kappa shape index (κ2) is 7.31. The number of hydrogen-bond donors (Lipinski definition) is 3. The largest absolute Gasteiger partial charge is 0.480 e. The maximum absolute atomic E-state index is 12.2. The molecule has 0 fully saturated rings. The Morgan fingerprint density at radius 3 is 2.84 bits per heavy atom. The van der Waals surface area contributed by atoms with Crippen LogP contribution in [0.3, 0.4) is 0 Å². The van der Waals surface area contributed by atoms with E-state index in [1.807, 2.05) is 23.1 Å². The first-order chi connectivity index (χ1) is 12.0. The number of nitrogens with one attached hydrogen (secondary N) is 1. The second-order valence-electron chi connectivity index (χ2n) is 6.12. The van der Waals surface area contributed by atoms with Crippen molar-refractivity contribution < 1.29 is 14.7 Å². The van der Waals surface area contributed by atoms with Gasteiger partial charge >= 0.3 is 5.97 Å². The van der Waals surface area contributed by atoms with Gasteiger partial charge < -0.3 is 16.2 Å². The topological polar surface area (TPSA) is 109 Å². The molecule has 7 heteroatoms. The Hall–Kier alpha value is -2.93. The highest BCUT2D eigenvalue weighted by atomic mass is 16.4. The highest BCUT2D eigenvalue weighted by Crippen LogP contribution is 2.22. The minimum absolute atomic E-state index is 0.0468. The van der Waals surface area contributed by atoms with Gasteiger partial charge in [0.1, 0.15) is 5.82 Å². The van der Waals surface area contributed by atoms with Crippen LogP contribution < -0.4 is 11.1 Å². The molecule has 2 heterocycles. The van der Waals surface area contributed by atoms with E-state index in [2.05, 4.69) is 10.3 Å². The summed E-state index contributed by atoms with van der Waals surface area (Å²) in [6.45, 7) is 1.36. The normalized spacial score (nSPS) is 13.9. The van der Waals surface area contributed by atoms with Crippen LogP contribution in [0.25, 0.3) is 0 Å². The van der Waals surface area contributed by atoms with Crippen LogP contribution in [-0.4, -0.2) is 40.0 Å². The van der Waals surface area contributed by atoms with E-state index in [0.29, 0.717) is 24.6 Å². The Kier molecular flexibility index (Phi) is 4.95. The molecule has 0 atom stereocenters. The molecule has 130 valence electrons. The maximum Gasteiger partial charge on any atom is 0.317 e. The molecule has 0 aliphatic carbocycles. The number of rotatable bonds is 5.